The van der Waals surface area contributed by atoms with Crippen LogP contribution in [0.25, 0.3) is 6.08 Å². The highest BCUT2D eigenvalue weighted by atomic mass is 127. The minimum atomic E-state index is -0.0297. The number of allylic oxidation sites excluding steroid dienone is 1. The van der Waals surface area contributed by atoms with Gasteiger partial charge >= 0.3 is 0 Å². The van der Waals surface area contributed by atoms with Crippen molar-refractivity contribution in [2.75, 3.05) is 0 Å². The molecule has 17 heavy (non-hydrogen) atoms. The summed E-state index contributed by atoms with van der Waals surface area (Å²) in [5.74, 6) is 2.52. The van der Waals surface area contributed by atoms with E-state index in [9.17, 15) is 4.79 Å². The number of carbonyl (C=O) groups is 1. The molecule has 4 heteroatoms. The Morgan fingerprint density at radius 3 is 2.94 bits per heavy atom. The first-order valence-electron chi connectivity index (χ1n) is 4.96. The van der Waals surface area contributed by atoms with E-state index in [1.54, 1.807) is 0 Å². The van der Waals surface area contributed by atoms with Crippen LogP contribution in [0.4, 0.5) is 0 Å². The van der Waals surface area contributed by atoms with Gasteiger partial charge in [-0.25, -0.2) is 0 Å². The molecule has 0 bridgehead atoms. The van der Waals surface area contributed by atoms with Gasteiger partial charge in [0.2, 0.25) is 5.78 Å². The van der Waals surface area contributed by atoms with Crippen LogP contribution >= 0.6 is 41.7 Å². The summed E-state index contributed by atoms with van der Waals surface area (Å²) < 4.78 is 0. The lowest BCUT2D eigenvalue weighted by Gasteiger charge is -1.95. The van der Waals surface area contributed by atoms with Crippen molar-refractivity contribution in [3.8, 4) is 11.2 Å². The summed E-state index contributed by atoms with van der Waals surface area (Å²) >= 11 is 8.03. The highest BCUT2D eigenvalue weighted by Gasteiger charge is 1.95. The number of hydrogen-bond donors (Lipinski definition) is 0. The molecule has 88 valence electrons. The summed E-state index contributed by atoms with van der Waals surface area (Å²) in [6.07, 6.45) is 5.00. The molecule has 0 radical (unpaired) electrons. The summed E-state index contributed by atoms with van der Waals surface area (Å²) in [6, 6.07) is 7.60. The number of benzene rings is 1. The molecule has 0 spiro atoms. The van der Waals surface area contributed by atoms with Crippen LogP contribution in [-0.2, 0) is 4.79 Å². The second-order valence-electron chi connectivity index (χ2n) is 3.19. The Morgan fingerprint density at radius 2 is 2.24 bits per heavy atom. The molecular weight excluding hydrogens is 367 g/mol. The summed E-state index contributed by atoms with van der Waals surface area (Å²) in [5.41, 5.74) is 0.968. The van der Waals surface area contributed by atoms with Crippen molar-refractivity contribution in [2.45, 2.75) is 12.8 Å². The van der Waals surface area contributed by atoms with Gasteiger partial charge in [0.1, 0.15) is 0 Å². The molecule has 1 aromatic rings. The number of hydrogen-bond acceptors (Lipinski definition) is 2. The zero-order valence-electron chi connectivity index (χ0n) is 8.95. The molecule has 1 aromatic carbocycles. The quantitative estimate of drug-likeness (QED) is 0.557. The molecule has 1 nitrogen and oxygen atoms in total. The number of halogens is 2. The second kappa shape index (κ2) is 8.62. The van der Waals surface area contributed by atoms with E-state index in [4.69, 9.17) is 11.6 Å². The van der Waals surface area contributed by atoms with Gasteiger partial charge in [-0.05, 0) is 38.2 Å². The van der Waals surface area contributed by atoms with E-state index < -0.39 is 0 Å². The molecule has 0 saturated carbocycles. The van der Waals surface area contributed by atoms with E-state index >= 15 is 0 Å². The maximum atomic E-state index is 11.2. The summed E-state index contributed by atoms with van der Waals surface area (Å²) in [5, 5.41) is 3.39. The van der Waals surface area contributed by atoms with Crippen LogP contribution in [0.15, 0.2) is 30.3 Å². The van der Waals surface area contributed by atoms with Gasteiger partial charge in [-0.15, -0.1) is 0 Å². The largest absolute Gasteiger partial charge is 0.285 e. The molecule has 0 aromatic heterocycles. The van der Waals surface area contributed by atoms with Crippen molar-refractivity contribution in [3.05, 3.63) is 40.9 Å². The fourth-order valence-electron chi connectivity index (χ4n) is 1.17. The van der Waals surface area contributed by atoms with E-state index in [0.717, 1.165) is 10.6 Å². The molecule has 0 aliphatic rings. The fourth-order valence-corrected chi connectivity index (χ4v) is 1.86. The van der Waals surface area contributed by atoms with Crippen molar-refractivity contribution in [3.63, 3.8) is 0 Å². The van der Waals surface area contributed by atoms with Crippen molar-refractivity contribution < 1.29 is 4.79 Å². The third-order valence-electron chi connectivity index (χ3n) is 1.97. The number of Topliss-reactive ketones (excluding diaryl/α,β-unsaturated/α-hetero) is 1. The molecule has 0 N–H and O–H groups in total. The topological polar surface area (TPSA) is 17.1 Å². The lowest BCUT2D eigenvalue weighted by atomic mass is 10.1. The zero-order chi connectivity index (χ0) is 12.5. The van der Waals surface area contributed by atoms with Crippen molar-refractivity contribution >= 4 is 53.6 Å². The number of ketones is 1. The monoisotopic (exact) mass is 376 g/mol. The normalized spacial score (nSPS) is 10.0. The third kappa shape index (κ3) is 6.16. The van der Waals surface area contributed by atoms with Crippen molar-refractivity contribution in [2.24, 2.45) is 0 Å². The highest BCUT2D eigenvalue weighted by Crippen LogP contribution is 2.16. The number of rotatable bonds is 4. The molecule has 0 atom stereocenters. The van der Waals surface area contributed by atoms with E-state index in [1.165, 1.54) is 8.93 Å². The van der Waals surface area contributed by atoms with Gasteiger partial charge in [0.25, 0.3) is 0 Å². The number of carbonyl (C=O) groups excluding carboxylic acids is 1. The Balaban J connectivity index is 2.41. The third-order valence-corrected chi connectivity index (χ3v) is 3.15. The van der Waals surface area contributed by atoms with Gasteiger partial charge in [0.15, 0.2) is 0 Å². The summed E-state index contributed by atoms with van der Waals surface area (Å²) in [7, 11) is 1.32. The molecule has 0 fully saturated rings. The minimum absolute atomic E-state index is 0.0297. The first-order chi connectivity index (χ1) is 8.24. The van der Waals surface area contributed by atoms with Crippen molar-refractivity contribution in [1.82, 2.24) is 0 Å². The van der Waals surface area contributed by atoms with E-state index in [-0.39, 0.29) is 5.78 Å². The molecule has 1 rings (SSSR count). The molecule has 0 heterocycles. The molecule has 0 amide bonds. The van der Waals surface area contributed by atoms with Gasteiger partial charge in [-0.1, -0.05) is 42.0 Å². The average molecular weight is 377 g/mol. The van der Waals surface area contributed by atoms with Gasteiger partial charge < -0.3 is 0 Å². The SMILES string of the molecule is O=C(C#CSI)CC/C=C/c1ccccc1Cl. The summed E-state index contributed by atoms with van der Waals surface area (Å²) in [4.78, 5) is 11.2. The molecular formula is C13H10ClIOS. The van der Waals surface area contributed by atoms with E-state index in [2.05, 4.69) is 11.2 Å². The van der Waals surface area contributed by atoms with Gasteiger partial charge in [0.05, 0.1) is 0 Å². The Kier molecular flexibility index (Phi) is 7.41. The van der Waals surface area contributed by atoms with E-state index in [1.807, 2.05) is 57.6 Å². The summed E-state index contributed by atoms with van der Waals surface area (Å²) in [6.45, 7) is 0. The van der Waals surface area contributed by atoms with Crippen LogP contribution in [0.2, 0.25) is 5.02 Å². The first kappa shape index (κ1) is 14.6. The van der Waals surface area contributed by atoms with Gasteiger partial charge in [-0.3, -0.25) is 4.79 Å². The molecule has 0 unspecified atom stereocenters. The molecule has 0 saturated heterocycles. The maximum Gasteiger partial charge on any atom is 0.206 e. The maximum absolute atomic E-state index is 11.2. The van der Waals surface area contributed by atoms with Crippen LogP contribution in [0.1, 0.15) is 18.4 Å². The van der Waals surface area contributed by atoms with Gasteiger partial charge in [0, 0.05) is 32.6 Å². The molecule has 0 aliphatic carbocycles. The fraction of sp³-hybridized carbons (Fsp3) is 0.154. The lowest BCUT2D eigenvalue weighted by Crippen LogP contribution is -1.90. The smallest absolute Gasteiger partial charge is 0.206 e. The van der Waals surface area contributed by atoms with Crippen molar-refractivity contribution in [1.29, 1.82) is 0 Å². The lowest BCUT2D eigenvalue weighted by molar-refractivity contribution is -0.113. The second-order valence-corrected chi connectivity index (χ2v) is 5.28. The average Bonchev–Trinajstić information content (AvgIpc) is 2.34. The van der Waals surface area contributed by atoms with E-state index in [0.29, 0.717) is 12.8 Å². The van der Waals surface area contributed by atoms with Crippen LogP contribution < -0.4 is 0 Å². The standard InChI is InChI=1S/C13H10ClIOS/c14-13-8-4-2-6-11(13)5-1-3-7-12(16)9-10-17-15/h1-2,4-6,8H,3,7H2/b5-1+. The Bertz CT molecular complexity index is 474. The van der Waals surface area contributed by atoms with Crippen LogP contribution in [-0.4, -0.2) is 5.78 Å². The minimum Gasteiger partial charge on any atom is -0.285 e. The predicted molar refractivity (Wildman–Crippen MR) is 84.1 cm³/mol. The Morgan fingerprint density at radius 1 is 1.47 bits per heavy atom. The highest BCUT2D eigenvalue weighted by molar-refractivity contribution is 14.2. The van der Waals surface area contributed by atoms with Crippen LogP contribution in [0.5, 0.6) is 0 Å². The Hall–Kier alpha value is -0.440. The van der Waals surface area contributed by atoms with Crippen LogP contribution in [0, 0.1) is 11.2 Å². The zero-order valence-corrected chi connectivity index (χ0v) is 12.7. The molecule has 0 aliphatic heterocycles. The predicted octanol–water partition coefficient (Wildman–Crippen LogP) is 4.75. The Labute approximate surface area is 123 Å². The van der Waals surface area contributed by atoms with Gasteiger partial charge in [-0.2, -0.15) is 0 Å². The van der Waals surface area contributed by atoms with Crippen LogP contribution in [0.3, 0.4) is 0 Å². The first-order valence-corrected chi connectivity index (χ1v) is 8.70.